The molecule has 0 spiro atoms. The second-order valence-corrected chi connectivity index (χ2v) is 0.961. The Morgan fingerprint density at radius 3 is 1.43 bits per heavy atom. The maximum atomic E-state index is 9.71. The summed E-state index contributed by atoms with van der Waals surface area (Å²) in [4.78, 5) is 3.81. The van der Waals surface area contributed by atoms with Gasteiger partial charge in [-0.25, -0.2) is 15.4 Å². The second kappa shape index (κ2) is 2.89. The van der Waals surface area contributed by atoms with Crippen molar-refractivity contribution < 1.29 is 4.94 Å². The molecular formula is C2H6N2O3-2. The molecule has 0 amide bonds. The molecule has 0 saturated heterocycles. The smallest absolute Gasteiger partial charge is 0.00103 e. The second-order valence-electron chi connectivity index (χ2n) is 0.961. The van der Waals surface area contributed by atoms with Crippen molar-refractivity contribution in [2.75, 3.05) is 14.1 Å². The van der Waals surface area contributed by atoms with E-state index in [2.05, 4.69) is 4.94 Å². The molecule has 0 saturated carbocycles. The van der Waals surface area contributed by atoms with Crippen LogP contribution in [-0.2, 0) is 4.94 Å². The molecule has 0 aromatic rings. The van der Waals surface area contributed by atoms with Gasteiger partial charge in [0.25, 0.3) is 0 Å². The quantitative estimate of drug-likeness (QED) is 0.452. The fourth-order valence-corrected chi connectivity index (χ4v) is 0.162. The number of rotatable bonds is 2. The molecular weight excluding hydrogens is 100 g/mol. The summed E-state index contributed by atoms with van der Waals surface area (Å²) in [7, 11) is 2.16. The molecule has 44 valence electrons. The molecule has 0 unspecified atom stereocenters. The van der Waals surface area contributed by atoms with E-state index >= 15 is 0 Å². The Labute approximate surface area is 41.1 Å². The van der Waals surface area contributed by atoms with Gasteiger partial charge in [-0.05, 0) is 0 Å². The normalized spacial score (nSPS) is 11.1. The van der Waals surface area contributed by atoms with Crippen molar-refractivity contribution in [2.24, 2.45) is 0 Å². The fourth-order valence-electron chi connectivity index (χ4n) is 0.162. The first-order chi connectivity index (χ1) is 3.13. The van der Waals surface area contributed by atoms with Crippen molar-refractivity contribution in [3.63, 3.8) is 0 Å². The molecule has 0 aromatic heterocycles. The molecule has 0 bridgehead atoms. The molecule has 0 radical (unpaired) electrons. The van der Waals surface area contributed by atoms with Crippen LogP contribution >= 0.6 is 0 Å². The van der Waals surface area contributed by atoms with Crippen molar-refractivity contribution >= 4 is 0 Å². The van der Waals surface area contributed by atoms with Gasteiger partial charge in [0.15, 0.2) is 0 Å². The predicted molar refractivity (Wildman–Crippen MR) is 23.3 cm³/mol. The van der Waals surface area contributed by atoms with E-state index in [-0.39, 0.29) is 10.5 Å². The van der Waals surface area contributed by atoms with E-state index in [0.717, 1.165) is 14.1 Å². The summed E-state index contributed by atoms with van der Waals surface area (Å²) < 4.78 is 0. The molecule has 7 heavy (non-hydrogen) atoms. The number of nitrogens with zero attached hydrogens (tertiary/aromatic N) is 2. The lowest BCUT2D eigenvalue weighted by molar-refractivity contribution is -0.257. The van der Waals surface area contributed by atoms with Gasteiger partial charge in [-0.2, -0.15) is 0 Å². The van der Waals surface area contributed by atoms with Crippen LogP contribution in [0.1, 0.15) is 0 Å². The van der Waals surface area contributed by atoms with Gasteiger partial charge in [-0.3, -0.25) is 0 Å². The molecule has 0 rings (SSSR count). The van der Waals surface area contributed by atoms with Crippen molar-refractivity contribution in [1.29, 1.82) is 0 Å². The summed E-state index contributed by atoms with van der Waals surface area (Å²) in [6, 6.07) is 0. The van der Waals surface area contributed by atoms with Gasteiger partial charge in [-0.15, -0.1) is 0 Å². The van der Waals surface area contributed by atoms with Crippen molar-refractivity contribution in [2.45, 2.75) is 0 Å². The molecule has 0 N–H and O–H groups in total. The maximum Gasteiger partial charge on any atom is 0.00103 e. The highest BCUT2D eigenvalue weighted by Crippen LogP contribution is 1.81. The summed E-state index contributed by atoms with van der Waals surface area (Å²) in [5.74, 6) is 0. The highest BCUT2D eigenvalue weighted by Gasteiger charge is 1.74. The zero-order valence-electron chi connectivity index (χ0n) is 4.12. The fraction of sp³-hybridized carbons (Fsp3) is 1.00. The first kappa shape index (κ1) is 6.80. The topological polar surface area (TPSA) is 61.8 Å². The summed E-state index contributed by atoms with van der Waals surface area (Å²) in [6.45, 7) is 0. The van der Waals surface area contributed by atoms with Gasteiger partial charge in [0.05, 0.1) is 0 Å². The molecule has 0 heterocycles. The molecule has 5 heteroatoms. The van der Waals surface area contributed by atoms with Crippen LogP contribution in [0, 0.1) is 10.4 Å². The lowest BCUT2D eigenvalue weighted by atomic mass is 11.5. The van der Waals surface area contributed by atoms with E-state index in [1.807, 2.05) is 0 Å². The average Bonchev–Trinajstić information content (AvgIpc) is 1.27. The van der Waals surface area contributed by atoms with Crippen LogP contribution in [0.2, 0.25) is 0 Å². The highest BCUT2D eigenvalue weighted by molar-refractivity contribution is 4.26. The Morgan fingerprint density at radius 2 is 1.43 bits per heavy atom. The van der Waals surface area contributed by atoms with Crippen LogP contribution in [0.4, 0.5) is 0 Å². The van der Waals surface area contributed by atoms with Gasteiger partial charge in [0.2, 0.25) is 0 Å². The Bertz CT molecular complexity index is 40.2. The van der Waals surface area contributed by atoms with Gasteiger partial charge >= 0.3 is 0 Å². The summed E-state index contributed by atoms with van der Waals surface area (Å²) in [5, 5.41) is 19.5. The van der Waals surface area contributed by atoms with E-state index in [0.29, 0.717) is 0 Å². The van der Waals surface area contributed by atoms with Gasteiger partial charge in [0, 0.05) is 14.1 Å². The lowest BCUT2D eigenvalue weighted by Gasteiger charge is -2.30. The molecule has 0 aliphatic heterocycles. The molecule has 0 aliphatic rings. The van der Waals surface area contributed by atoms with Gasteiger partial charge < -0.3 is 10.4 Å². The standard InChI is InChI=1S/C2H6N2O3/c1-3(5)7-4(2)6/h1-2H3/q-2. The summed E-state index contributed by atoms with van der Waals surface area (Å²) in [5.41, 5.74) is 0. The van der Waals surface area contributed by atoms with Crippen LogP contribution in [0.5, 0.6) is 0 Å². The highest BCUT2D eigenvalue weighted by atomic mass is 17.1. The van der Waals surface area contributed by atoms with Crippen molar-refractivity contribution in [3.8, 4) is 0 Å². The zero-order valence-corrected chi connectivity index (χ0v) is 4.12. The SMILES string of the molecule is CN([O-])ON(C)[O-]. The van der Waals surface area contributed by atoms with E-state index in [4.69, 9.17) is 0 Å². The Kier molecular flexibility index (Phi) is 2.81. The third kappa shape index (κ3) is 5.80. The monoisotopic (exact) mass is 106 g/mol. The maximum absolute atomic E-state index is 9.71. The Balaban J connectivity index is 2.95. The minimum absolute atomic E-state index is 0.0625. The third-order valence-electron chi connectivity index (χ3n) is 0.230. The molecule has 0 fully saturated rings. The van der Waals surface area contributed by atoms with Crippen LogP contribution in [0.25, 0.3) is 0 Å². The van der Waals surface area contributed by atoms with Crippen molar-refractivity contribution in [1.82, 2.24) is 10.5 Å². The average molecular weight is 106 g/mol. The van der Waals surface area contributed by atoms with Crippen LogP contribution in [-0.4, -0.2) is 24.5 Å². The summed E-state index contributed by atoms with van der Waals surface area (Å²) in [6.07, 6.45) is 0. The minimum atomic E-state index is 0.0625. The number of hydrogen-bond acceptors (Lipinski definition) is 5. The van der Waals surface area contributed by atoms with E-state index in [1.54, 1.807) is 0 Å². The Morgan fingerprint density at radius 1 is 1.14 bits per heavy atom. The van der Waals surface area contributed by atoms with E-state index in [9.17, 15) is 10.4 Å². The first-order valence-corrected chi connectivity index (χ1v) is 1.62. The van der Waals surface area contributed by atoms with Crippen molar-refractivity contribution in [3.05, 3.63) is 10.4 Å². The number of hydrogen-bond donors (Lipinski definition) is 0. The zero-order chi connectivity index (χ0) is 5.86. The third-order valence-corrected chi connectivity index (χ3v) is 0.230. The van der Waals surface area contributed by atoms with Gasteiger partial charge in [0.1, 0.15) is 0 Å². The van der Waals surface area contributed by atoms with Crippen LogP contribution < -0.4 is 0 Å². The predicted octanol–water partition coefficient (Wildman–Crippen LogP) is -0.308. The van der Waals surface area contributed by atoms with Crippen LogP contribution in [0.3, 0.4) is 0 Å². The lowest BCUT2D eigenvalue weighted by Crippen LogP contribution is -2.20. The first-order valence-electron chi connectivity index (χ1n) is 1.62. The van der Waals surface area contributed by atoms with E-state index < -0.39 is 0 Å². The minimum Gasteiger partial charge on any atom is -0.761 e. The van der Waals surface area contributed by atoms with Gasteiger partial charge in [-0.1, -0.05) is 0 Å². The van der Waals surface area contributed by atoms with E-state index in [1.165, 1.54) is 0 Å². The molecule has 5 nitrogen and oxygen atoms in total. The number of hydroxylamine groups is 4. The summed E-state index contributed by atoms with van der Waals surface area (Å²) >= 11 is 0. The van der Waals surface area contributed by atoms with Crippen LogP contribution in [0.15, 0.2) is 0 Å². The molecule has 0 atom stereocenters. The largest absolute Gasteiger partial charge is 0.761 e. The molecule has 0 aromatic carbocycles. The Hall–Kier alpha value is -0.200. The molecule has 0 aliphatic carbocycles.